The highest BCUT2D eigenvalue weighted by molar-refractivity contribution is 7.48. The van der Waals surface area contributed by atoms with Crippen LogP contribution in [0.5, 0.6) is 0 Å². The topological polar surface area (TPSA) is 184 Å². The lowest BCUT2D eigenvalue weighted by molar-refractivity contribution is -0.301. The van der Waals surface area contributed by atoms with Gasteiger partial charge in [-0.15, -0.1) is 0 Å². The second-order valence-corrected chi connectivity index (χ2v) is 5.25. The number of carbonyl (C=O) groups is 3. The molecule has 0 aliphatic heterocycles. The highest BCUT2D eigenvalue weighted by atomic mass is 31.2. The van der Waals surface area contributed by atoms with Crippen molar-refractivity contribution in [1.82, 2.24) is 0 Å². The molecule has 0 aromatic carbocycles. The van der Waals surface area contributed by atoms with Gasteiger partial charge in [0.05, 0.1) is 0 Å². The van der Waals surface area contributed by atoms with Crippen molar-refractivity contribution in [3.05, 3.63) is 0 Å². The Kier molecular flexibility index (Phi) is 8.86. The Balaban J connectivity index is 4.82. The van der Waals surface area contributed by atoms with Crippen LogP contribution in [0.1, 0.15) is 20.8 Å². The molecule has 0 saturated carbocycles. The quantitative estimate of drug-likeness (QED) is 0.249. The van der Waals surface area contributed by atoms with E-state index in [9.17, 15) is 18.9 Å². The Bertz CT molecular complexity index is 403. The summed E-state index contributed by atoms with van der Waals surface area (Å²) in [7, 11) is -5.16. The third-order valence-corrected chi connectivity index (χ3v) is 2.43. The lowest BCUT2D eigenvalue weighted by Crippen LogP contribution is -2.23. The monoisotopic (exact) mass is 362 g/mol. The molecule has 13 nitrogen and oxygen atoms in total. The van der Waals surface area contributed by atoms with Gasteiger partial charge in [0.15, 0.2) is 18.3 Å². The highest BCUT2D eigenvalue weighted by Gasteiger charge is 2.39. The van der Waals surface area contributed by atoms with Crippen LogP contribution in [-0.4, -0.2) is 51.5 Å². The fourth-order valence-electron chi connectivity index (χ4n) is 0.493. The van der Waals surface area contributed by atoms with Crippen LogP contribution < -0.4 is 0 Å². The molecule has 0 aromatic heterocycles. The van der Waals surface area contributed by atoms with Crippen molar-refractivity contribution in [2.24, 2.45) is 0 Å². The van der Waals surface area contributed by atoms with Gasteiger partial charge < -0.3 is 15.3 Å². The van der Waals surface area contributed by atoms with E-state index in [0.29, 0.717) is 0 Å². The lowest BCUT2D eigenvalue weighted by Gasteiger charge is -2.14. The van der Waals surface area contributed by atoms with Gasteiger partial charge >= 0.3 is 25.7 Å². The fraction of sp³-hybridized carbons (Fsp3) is 0.667. The van der Waals surface area contributed by atoms with E-state index in [1.54, 1.807) is 0 Å². The van der Waals surface area contributed by atoms with Crippen LogP contribution in [0, 0.1) is 0 Å². The van der Waals surface area contributed by atoms with E-state index in [1.165, 1.54) is 0 Å². The average molecular weight is 362 g/mol. The molecule has 0 aliphatic rings. The minimum absolute atomic E-state index is 0.971. The first-order chi connectivity index (χ1) is 10.5. The zero-order valence-electron chi connectivity index (χ0n) is 12.1. The normalized spacial score (nSPS) is 17.3. The van der Waals surface area contributed by atoms with Crippen molar-refractivity contribution in [3.63, 3.8) is 0 Å². The molecule has 3 N–H and O–H groups in total. The van der Waals surface area contributed by atoms with Crippen LogP contribution in [0.3, 0.4) is 0 Å². The van der Waals surface area contributed by atoms with Gasteiger partial charge in [-0.3, -0.25) is 14.7 Å². The van der Waals surface area contributed by atoms with Gasteiger partial charge in [0, 0.05) is 0 Å². The van der Waals surface area contributed by atoms with Crippen LogP contribution in [0.2, 0.25) is 0 Å². The van der Waals surface area contributed by atoms with E-state index in [-0.39, 0.29) is 0 Å². The molecular weight excluding hydrogens is 347 g/mol. The number of hydrogen-bond acceptors (Lipinski definition) is 13. The van der Waals surface area contributed by atoms with Gasteiger partial charge in [-0.05, 0) is 20.8 Å². The standard InChI is InChI=1S/C9H15O13P/c1-4(10)7(13)17-20-23(16,21-18-8(14)5(2)11)22-19-9(15)6(3)12/h4-6,10-12H,1-3H3. The van der Waals surface area contributed by atoms with E-state index in [2.05, 4.69) is 28.7 Å². The molecule has 3 atom stereocenters. The fourth-order valence-corrected chi connectivity index (χ4v) is 1.06. The zero-order valence-corrected chi connectivity index (χ0v) is 13.0. The lowest BCUT2D eigenvalue weighted by atomic mass is 10.4. The zero-order chi connectivity index (χ0) is 18.2. The smallest absolute Gasteiger partial charge is 0.382 e. The summed E-state index contributed by atoms with van der Waals surface area (Å²) in [4.78, 5) is 44.4. The summed E-state index contributed by atoms with van der Waals surface area (Å²) < 4.78 is 23.5. The third-order valence-electron chi connectivity index (χ3n) is 1.66. The van der Waals surface area contributed by atoms with Gasteiger partial charge in [0.2, 0.25) is 0 Å². The Morgan fingerprint density at radius 1 is 0.696 bits per heavy atom. The minimum atomic E-state index is -5.16. The molecule has 0 fully saturated rings. The highest BCUT2D eigenvalue weighted by Crippen LogP contribution is 2.50. The number of aliphatic hydroxyl groups excluding tert-OH is 3. The first-order valence-electron chi connectivity index (χ1n) is 5.83. The van der Waals surface area contributed by atoms with Crippen LogP contribution in [0.15, 0.2) is 0 Å². The van der Waals surface area contributed by atoms with Gasteiger partial charge in [0.1, 0.15) is 0 Å². The van der Waals surface area contributed by atoms with Crippen molar-refractivity contribution >= 4 is 25.7 Å². The largest absolute Gasteiger partial charge is 0.584 e. The van der Waals surface area contributed by atoms with Crippen LogP contribution in [-0.2, 0) is 47.6 Å². The molecule has 0 spiro atoms. The molecule has 0 rings (SSSR count). The van der Waals surface area contributed by atoms with Crippen LogP contribution in [0.25, 0.3) is 0 Å². The first-order valence-corrected chi connectivity index (χ1v) is 7.29. The summed E-state index contributed by atoms with van der Waals surface area (Å²) in [6.07, 6.45) is -5.07. The molecule has 0 aromatic rings. The molecule has 0 aliphatic carbocycles. The second kappa shape index (κ2) is 9.52. The van der Waals surface area contributed by atoms with Crippen molar-refractivity contribution in [3.8, 4) is 0 Å². The molecule has 0 heterocycles. The number of carbonyl (C=O) groups excluding carboxylic acids is 3. The van der Waals surface area contributed by atoms with Crippen molar-refractivity contribution in [1.29, 1.82) is 0 Å². The summed E-state index contributed by atoms with van der Waals surface area (Å²) in [5.74, 6) is -4.33. The Morgan fingerprint density at radius 2 is 0.913 bits per heavy atom. The molecule has 134 valence electrons. The summed E-state index contributed by atoms with van der Waals surface area (Å²) in [6, 6.07) is 0. The minimum Gasteiger partial charge on any atom is -0.382 e. The number of hydrogen-bond donors (Lipinski definition) is 3. The Labute approximate surface area is 129 Å². The maximum Gasteiger partial charge on any atom is 0.584 e. The molecule has 0 saturated heterocycles. The molecule has 14 heteroatoms. The number of aliphatic hydroxyl groups is 3. The Morgan fingerprint density at radius 3 is 1.09 bits per heavy atom. The van der Waals surface area contributed by atoms with E-state index >= 15 is 0 Å². The average Bonchev–Trinajstić information content (AvgIpc) is 2.47. The third kappa shape index (κ3) is 8.56. The maximum atomic E-state index is 11.9. The predicted octanol–water partition coefficient (Wildman–Crippen LogP) is -1.34. The van der Waals surface area contributed by atoms with E-state index in [0.717, 1.165) is 20.8 Å². The van der Waals surface area contributed by atoms with Gasteiger partial charge in [-0.1, -0.05) is 14.0 Å². The molecular formula is C9H15O13P. The van der Waals surface area contributed by atoms with Crippen LogP contribution in [0.4, 0.5) is 0 Å². The summed E-state index contributed by atoms with van der Waals surface area (Å²) >= 11 is 0. The number of rotatable bonds is 9. The molecule has 0 radical (unpaired) electrons. The van der Waals surface area contributed by atoms with Gasteiger partial charge in [-0.2, -0.15) is 0 Å². The van der Waals surface area contributed by atoms with E-state index < -0.39 is 44.0 Å². The summed E-state index contributed by atoms with van der Waals surface area (Å²) in [6.45, 7) is 2.91. The maximum absolute atomic E-state index is 11.9. The summed E-state index contributed by atoms with van der Waals surface area (Å²) in [5, 5.41) is 26.5. The van der Waals surface area contributed by atoms with Gasteiger partial charge in [0.25, 0.3) is 0 Å². The molecule has 3 unspecified atom stereocenters. The molecule has 0 bridgehead atoms. The van der Waals surface area contributed by atoms with Crippen molar-refractivity contribution < 1.29 is 63.0 Å². The van der Waals surface area contributed by atoms with Crippen molar-refractivity contribution in [2.45, 2.75) is 39.1 Å². The summed E-state index contributed by atoms with van der Waals surface area (Å²) in [5.41, 5.74) is 0. The Hall–Kier alpha value is -1.60. The van der Waals surface area contributed by atoms with Crippen LogP contribution >= 0.6 is 7.82 Å². The SMILES string of the molecule is CC(O)C(=O)OOP(=O)(OOC(=O)C(C)O)OOC(=O)C(C)O. The van der Waals surface area contributed by atoms with E-state index in [1.807, 2.05) is 0 Å². The predicted molar refractivity (Wildman–Crippen MR) is 64.2 cm³/mol. The molecule has 23 heavy (non-hydrogen) atoms. The van der Waals surface area contributed by atoms with Gasteiger partial charge in [-0.25, -0.2) is 18.9 Å². The number of phosphoric acid groups is 1. The second-order valence-electron chi connectivity index (χ2n) is 3.91. The first kappa shape index (κ1) is 21.4. The van der Waals surface area contributed by atoms with E-state index in [4.69, 9.17) is 15.3 Å². The van der Waals surface area contributed by atoms with Crippen molar-refractivity contribution in [2.75, 3.05) is 0 Å². The molecule has 0 amide bonds.